The van der Waals surface area contributed by atoms with Gasteiger partial charge in [-0.15, -0.1) is 0 Å². The minimum absolute atomic E-state index is 0.421. The van der Waals surface area contributed by atoms with Crippen LogP contribution in [0.1, 0.15) is 31.0 Å². The first-order chi connectivity index (χ1) is 9.31. The lowest BCUT2D eigenvalue weighted by molar-refractivity contribution is 0.795. The average molecular weight is 251 g/mol. The molecule has 0 radical (unpaired) electrons. The molecule has 2 aromatic rings. The maximum absolute atomic E-state index is 8.81. The van der Waals surface area contributed by atoms with Gasteiger partial charge in [0.15, 0.2) is 0 Å². The third kappa shape index (κ3) is 3.82. The van der Waals surface area contributed by atoms with Gasteiger partial charge in [0.25, 0.3) is 0 Å². The zero-order chi connectivity index (χ0) is 13.5. The number of hydrogen-bond donors (Lipinski definition) is 1. The van der Waals surface area contributed by atoms with Crippen LogP contribution in [0.15, 0.2) is 42.6 Å². The van der Waals surface area contributed by atoms with E-state index < -0.39 is 0 Å². The second-order valence-corrected chi connectivity index (χ2v) is 4.47. The van der Waals surface area contributed by atoms with E-state index in [2.05, 4.69) is 41.5 Å². The van der Waals surface area contributed by atoms with Gasteiger partial charge >= 0.3 is 0 Å². The normalized spacial score (nSPS) is 9.89. The van der Waals surface area contributed by atoms with Crippen LogP contribution in [0.3, 0.4) is 0 Å². The van der Waals surface area contributed by atoms with E-state index in [1.54, 1.807) is 12.3 Å². The smallest absolute Gasteiger partial charge is 0.142 e. The largest absolute Gasteiger partial charge is 0.355 e. The highest BCUT2D eigenvalue weighted by Gasteiger charge is 1.98. The lowest BCUT2D eigenvalue weighted by atomic mass is 10.1. The maximum Gasteiger partial charge on any atom is 0.142 e. The Hall–Kier alpha value is -2.34. The Morgan fingerprint density at radius 1 is 1.16 bits per heavy atom. The van der Waals surface area contributed by atoms with Crippen LogP contribution >= 0.6 is 0 Å². The summed E-state index contributed by atoms with van der Waals surface area (Å²) in [7, 11) is 0. The van der Waals surface area contributed by atoms with Crippen LogP contribution in [0, 0.1) is 11.3 Å². The zero-order valence-corrected chi connectivity index (χ0v) is 11.1. The number of nitrogens with one attached hydrogen (secondary N) is 1. The van der Waals surface area contributed by atoms with E-state index in [1.807, 2.05) is 12.1 Å². The number of unbranched alkanes of at least 4 members (excludes halogenated alkanes) is 1. The third-order valence-corrected chi connectivity index (χ3v) is 2.94. The van der Waals surface area contributed by atoms with Crippen molar-refractivity contribution < 1.29 is 0 Å². The second-order valence-electron chi connectivity index (χ2n) is 4.47. The molecular formula is C16H17N3. The molecule has 19 heavy (non-hydrogen) atoms. The summed E-state index contributed by atoms with van der Waals surface area (Å²) in [5.74, 6) is 0. The van der Waals surface area contributed by atoms with Gasteiger partial charge in [-0.3, -0.25) is 0 Å². The van der Waals surface area contributed by atoms with Crippen molar-refractivity contribution in [2.75, 3.05) is 5.32 Å². The van der Waals surface area contributed by atoms with Crippen LogP contribution in [0.5, 0.6) is 0 Å². The van der Waals surface area contributed by atoms with Crippen molar-refractivity contribution in [1.82, 2.24) is 4.98 Å². The highest BCUT2D eigenvalue weighted by molar-refractivity contribution is 5.60. The minimum atomic E-state index is 0.421. The summed E-state index contributed by atoms with van der Waals surface area (Å²) < 4.78 is 0. The van der Waals surface area contributed by atoms with Crippen molar-refractivity contribution in [2.45, 2.75) is 26.2 Å². The molecule has 0 saturated heterocycles. The van der Waals surface area contributed by atoms with E-state index in [0.29, 0.717) is 5.69 Å². The van der Waals surface area contributed by atoms with Crippen molar-refractivity contribution >= 4 is 11.4 Å². The fourth-order valence-corrected chi connectivity index (χ4v) is 1.87. The predicted molar refractivity (Wildman–Crippen MR) is 77.3 cm³/mol. The molecule has 0 aliphatic rings. The van der Waals surface area contributed by atoms with Crippen LogP contribution in [0.4, 0.5) is 11.4 Å². The molecule has 0 fully saturated rings. The van der Waals surface area contributed by atoms with Gasteiger partial charge in [0.1, 0.15) is 11.8 Å². The number of hydrogen-bond acceptors (Lipinski definition) is 3. The van der Waals surface area contributed by atoms with Gasteiger partial charge in [-0.05, 0) is 42.7 Å². The highest BCUT2D eigenvalue weighted by atomic mass is 14.9. The number of pyridine rings is 1. The number of anilines is 2. The zero-order valence-electron chi connectivity index (χ0n) is 11.1. The van der Waals surface area contributed by atoms with Crippen molar-refractivity contribution in [3.05, 3.63) is 53.9 Å². The molecule has 96 valence electrons. The van der Waals surface area contributed by atoms with Gasteiger partial charge in [-0.25, -0.2) is 4.98 Å². The summed E-state index contributed by atoms with van der Waals surface area (Å²) in [6.07, 6.45) is 5.21. The summed E-state index contributed by atoms with van der Waals surface area (Å²) in [4.78, 5) is 3.95. The molecule has 0 amide bonds. The van der Waals surface area contributed by atoms with Crippen LogP contribution in [-0.2, 0) is 6.42 Å². The SMILES string of the molecule is CCCCc1ccc(Nc2ccnc(C#N)c2)cc1. The molecule has 0 aliphatic heterocycles. The number of aromatic nitrogens is 1. The summed E-state index contributed by atoms with van der Waals surface area (Å²) in [5.41, 5.74) is 3.69. The number of nitriles is 1. The van der Waals surface area contributed by atoms with E-state index >= 15 is 0 Å². The van der Waals surface area contributed by atoms with Crippen molar-refractivity contribution in [1.29, 1.82) is 5.26 Å². The van der Waals surface area contributed by atoms with Gasteiger partial charge in [0.05, 0.1) is 0 Å². The molecule has 0 bridgehead atoms. The van der Waals surface area contributed by atoms with Gasteiger partial charge < -0.3 is 5.32 Å². The van der Waals surface area contributed by atoms with Crippen LogP contribution in [-0.4, -0.2) is 4.98 Å². The first-order valence-corrected chi connectivity index (χ1v) is 6.54. The Morgan fingerprint density at radius 2 is 1.95 bits per heavy atom. The Balaban J connectivity index is 2.04. The second kappa shape index (κ2) is 6.55. The van der Waals surface area contributed by atoms with E-state index in [0.717, 1.165) is 17.8 Å². The Kier molecular flexibility index (Phi) is 4.52. The van der Waals surface area contributed by atoms with Gasteiger partial charge in [0, 0.05) is 17.6 Å². The maximum atomic E-state index is 8.81. The molecule has 3 nitrogen and oxygen atoms in total. The standard InChI is InChI=1S/C16H17N3/c1-2-3-4-13-5-7-14(8-6-13)19-15-9-10-18-16(11-15)12-17/h5-11H,2-4H2,1H3,(H,18,19). The van der Waals surface area contributed by atoms with Gasteiger partial charge in [-0.1, -0.05) is 25.5 Å². The minimum Gasteiger partial charge on any atom is -0.355 e. The number of aryl methyl sites for hydroxylation is 1. The molecule has 0 unspecified atom stereocenters. The number of benzene rings is 1. The molecule has 0 aliphatic carbocycles. The van der Waals surface area contributed by atoms with Crippen molar-refractivity contribution in [3.63, 3.8) is 0 Å². The summed E-state index contributed by atoms with van der Waals surface area (Å²) in [6.45, 7) is 2.20. The Morgan fingerprint density at radius 3 is 2.63 bits per heavy atom. The third-order valence-electron chi connectivity index (χ3n) is 2.94. The fourth-order valence-electron chi connectivity index (χ4n) is 1.87. The average Bonchev–Trinajstić information content (AvgIpc) is 2.47. The van der Waals surface area contributed by atoms with Gasteiger partial charge in [0.2, 0.25) is 0 Å². The quantitative estimate of drug-likeness (QED) is 0.872. The lowest BCUT2D eigenvalue weighted by Crippen LogP contribution is -1.93. The topological polar surface area (TPSA) is 48.7 Å². The first-order valence-electron chi connectivity index (χ1n) is 6.54. The Labute approximate surface area is 113 Å². The molecule has 1 heterocycles. The molecule has 3 heteroatoms. The van der Waals surface area contributed by atoms with E-state index in [1.165, 1.54) is 18.4 Å². The van der Waals surface area contributed by atoms with Gasteiger partial charge in [-0.2, -0.15) is 5.26 Å². The molecule has 1 N–H and O–H groups in total. The molecule has 0 saturated carbocycles. The van der Waals surface area contributed by atoms with Crippen LogP contribution in [0.25, 0.3) is 0 Å². The van der Waals surface area contributed by atoms with Crippen molar-refractivity contribution in [3.8, 4) is 6.07 Å². The van der Waals surface area contributed by atoms with Crippen LogP contribution < -0.4 is 5.32 Å². The molecular weight excluding hydrogens is 234 g/mol. The van der Waals surface area contributed by atoms with E-state index in [4.69, 9.17) is 5.26 Å². The van der Waals surface area contributed by atoms with E-state index in [-0.39, 0.29) is 0 Å². The summed E-state index contributed by atoms with van der Waals surface area (Å²) in [6, 6.07) is 14.0. The summed E-state index contributed by atoms with van der Waals surface area (Å²) >= 11 is 0. The summed E-state index contributed by atoms with van der Waals surface area (Å²) in [5, 5.41) is 12.1. The molecule has 0 atom stereocenters. The highest BCUT2D eigenvalue weighted by Crippen LogP contribution is 2.17. The van der Waals surface area contributed by atoms with Crippen molar-refractivity contribution in [2.24, 2.45) is 0 Å². The van der Waals surface area contributed by atoms with Crippen LogP contribution in [0.2, 0.25) is 0 Å². The number of rotatable bonds is 5. The number of nitrogens with zero attached hydrogens (tertiary/aromatic N) is 2. The molecule has 1 aromatic heterocycles. The fraction of sp³-hybridized carbons (Fsp3) is 0.250. The monoisotopic (exact) mass is 251 g/mol. The molecule has 2 rings (SSSR count). The predicted octanol–water partition coefficient (Wildman–Crippen LogP) is 4.04. The van der Waals surface area contributed by atoms with E-state index in [9.17, 15) is 0 Å². The Bertz CT molecular complexity index is 567. The lowest BCUT2D eigenvalue weighted by Gasteiger charge is -2.07. The molecule has 0 spiro atoms. The first kappa shape index (κ1) is 13.1. The molecule has 1 aromatic carbocycles.